The maximum Gasteiger partial charge on any atom is 0.254 e. The second-order valence-electron chi connectivity index (χ2n) is 2.84. The van der Waals surface area contributed by atoms with Crippen LogP contribution in [0.4, 0.5) is 0 Å². The summed E-state index contributed by atoms with van der Waals surface area (Å²) in [5.74, 6) is 0. The highest BCUT2D eigenvalue weighted by molar-refractivity contribution is 7.91. The van der Waals surface area contributed by atoms with Crippen molar-refractivity contribution >= 4 is 33.0 Å². The molecule has 0 aliphatic rings. The molecule has 0 aliphatic heterocycles. The fourth-order valence-corrected chi connectivity index (χ4v) is 4.01. The zero-order chi connectivity index (χ0) is 12.2. The van der Waals surface area contributed by atoms with Crippen molar-refractivity contribution in [3.63, 3.8) is 0 Å². The SMILES string of the molecule is CCN(CCC#N)S(=O)(=O)c1cnc(Cl)s1. The van der Waals surface area contributed by atoms with E-state index in [1.807, 2.05) is 6.07 Å². The Morgan fingerprint density at radius 1 is 1.69 bits per heavy atom. The van der Waals surface area contributed by atoms with Crippen LogP contribution >= 0.6 is 22.9 Å². The highest BCUT2D eigenvalue weighted by Crippen LogP contribution is 2.25. The minimum Gasteiger partial charge on any atom is -0.232 e. The molecular formula is C8H10ClN3O2S2. The first kappa shape index (κ1) is 13.4. The van der Waals surface area contributed by atoms with Gasteiger partial charge in [-0.25, -0.2) is 13.4 Å². The fraction of sp³-hybridized carbons (Fsp3) is 0.500. The molecule has 16 heavy (non-hydrogen) atoms. The number of rotatable bonds is 5. The Bertz CT molecular complexity index is 492. The second-order valence-corrected chi connectivity index (χ2v) is 6.61. The van der Waals surface area contributed by atoms with Gasteiger partial charge in [-0.3, -0.25) is 0 Å². The number of nitriles is 1. The zero-order valence-electron chi connectivity index (χ0n) is 8.55. The van der Waals surface area contributed by atoms with Gasteiger partial charge in [0, 0.05) is 19.5 Å². The Balaban J connectivity index is 2.96. The normalized spacial score (nSPS) is 11.6. The van der Waals surface area contributed by atoms with E-state index >= 15 is 0 Å². The van der Waals surface area contributed by atoms with Crippen LogP contribution in [0.3, 0.4) is 0 Å². The van der Waals surface area contributed by atoms with E-state index < -0.39 is 10.0 Å². The number of halogens is 1. The van der Waals surface area contributed by atoms with Gasteiger partial charge in [0.15, 0.2) is 8.68 Å². The van der Waals surface area contributed by atoms with Crippen molar-refractivity contribution < 1.29 is 8.42 Å². The summed E-state index contributed by atoms with van der Waals surface area (Å²) in [6.07, 6.45) is 1.40. The number of nitrogens with zero attached hydrogens (tertiary/aromatic N) is 3. The lowest BCUT2D eigenvalue weighted by Crippen LogP contribution is -2.31. The summed E-state index contributed by atoms with van der Waals surface area (Å²) in [5, 5.41) is 8.45. The van der Waals surface area contributed by atoms with E-state index in [0.717, 1.165) is 11.3 Å². The smallest absolute Gasteiger partial charge is 0.232 e. The molecule has 0 radical (unpaired) electrons. The number of hydrogen-bond acceptors (Lipinski definition) is 5. The van der Waals surface area contributed by atoms with Crippen LogP contribution in [0.2, 0.25) is 4.47 Å². The molecule has 0 unspecified atom stereocenters. The van der Waals surface area contributed by atoms with Crippen molar-refractivity contribution in [1.82, 2.24) is 9.29 Å². The molecule has 0 spiro atoms. The summed E-state index contributed by atoms with van der Waals surface area (Å²) in [7, 11) is -3.55. The first-order valence-electron chi connectivity index (χ1n) is 4.50. The van der Waals surface area contributed by atoms with Gasteiger partial charge in [-0.05, 0) is 0 Å². The van der Waals surface area contributed by atoms with Gasteiger partial charge in [-0.15, -0.1) is 0 Å². The van der Waals surface area contributed by atoms with Gasteiger partial charge in [-0.2, -0.15) is 9.57 Å². The lowest BCUT2D eigenvalue weighted by Gasteiger charge is -2.17. The van der Waals surface area contributed by atoms with Crippen LogP contribution < -0.4 is 0 Å². The van der Waals surface area contributed by atoms with Gasteiger partial charge in [0.05, 0.1) is 12.3 Å². The van der Waals surface area contributed by atoms with Crippen molar-refractivity contribution in [2.45, 2.75) is 17.6 Å². The average Bonchev–Trinajstić information content (AvgIpc) is 2.66. The van der Waals surface area contributed by atoms with Crippen LogP contribution in [0.1, 0.15) is 13.3 Å². The van der Waals surface area contributed by atoms with Crippen LogP contribution in [-0.2, 0) is 10.0 Å². The summed E-state index contributed by atoms with van der Waals surface area (Å²) in [4.78, 5) is 3.69. The van der Waals surface area contributed by atoms with Gasteiger partial charge >= 0.3 is 0 Å². The molecule has 1 aromatic rings. The molecule has 0 saturated heterocycles. The molecule has 0 saturated carbocycles. The van der Waals surface area contributed by atoms with Gasteiger partial charge in [-0.1, -0.05) is 29.9 Å². The van der Waals surface area contributed by atoms with Crippen molar-refractivity contribution in [1.29, 1.82) is 5.26 Å². The molecule has 0 bridgehead atoms. The largest absolute Gasteiger partial charge is 0.254 e. The van der Waals surface area contributed by atoms with Crippen molar-refractivity contribution in [2.24, 2.45) is 0 Å². The quantitative estimate of drug-likeness (QED) is 0.822. The van der Waals surface area contributed by atoms with Crippen molar-refractivity contribution in [3.05, 3.63) is 10.7 Å². The van der Waals surface area contributed by atoms with Gasteiger partial charge in [0.2, 0.25) is 0 Å². The molecule has 0 atom stereocenters. The molecule has 0 fully saturated rings. The van der Waals surface area contributed by atoms with E-state index in [-0.39, 0.29) is 21.6 Å². The zero-order valence-corrected chi connectivity index (χ0v) is 10.9. The highest BCUT2D eigenvalue weighted by Gasteiger charge is 2.24. The van der Waals surface area contributed by atoms with Crippen LogP contribution in [0.25, 0.3) is 0 Å². The minimum atomic E-state index is -3.55. The van der Waals surface area contributed by atoms with E-state index in [1.165, 1.54) is 10.5 Å². The Morgan fingerprint density at radius 2 is 2.38 bits per heavy atom. The number of hydrogen-bond donors (Lipinski definition) is 0. The molecule has 0 aromatic carbocycles. The molecule has 5 nitrogen and oxygen atoms in total. The molecule has 1 rings (SSSR count). The summed E-state index contributed by atoms with van der Waals surface area (Å²) in [6, 6.07) is 1.92. The summed E-state index contributed by atoms with van der Waals surface area (Å²) in [6.45, 7) is 2.22. The average molecular weight is 280 g/mol. The summed E-state index contributed by atoms with van der Waals surface area (Å²) >= 11 is 6.50. The van der Waals surface area contributed by atoms with E-state index in [2.05, 4.69) is 4.98 Å². The number of sulfonamides is 1. The third-order valence-electron chi connectivity index (χ3n) is 1.88. The Hall–Kier alpha value is -0.680. The Morgan fingerprint density at radius 3 is 2.81 bits per heavy atom. The lowest BCUT2D eigenvalue weighted by atomic mass is 10.5. The third kappa shape index (κ3) is 2.92. The Labute approximate surface area is 103 Å². The first-order valence-corrected chi connectivity index (χ1v) is 7.14. The fourth-order valence-electron chi connectivity index (χ4n) is 1.11. The predicted octanol–water partition coefficient (Wildman–Crippen LogP) is 1.72. The summed E-state index contributed by atoms with van der Waals surface area (Å²) in [5.41, 5.74) is 0. The molecule has 0 aliphatic carbocycles. The number of aromatic nitrogens is 1. The number of thiazole rings is 1. The van der Waals surface area contributed by atoms with Crippen molar-refractivity contribution in [3.8, 4) is 6.07 Å². The van der Waals surface area contributed by atoms with E-state index in [9.17, 15) is 8.42 Å². The molecule has 8 heteroatoms. The van der Waals surface area contributed by atoms with Crippen LogP contribution in [0.15, 0.2) is 10.4 Å². The van der Waals surface area contributed by atoms with Crippen LogP contribution in [0, 0.1) is 11.3 Å². The molecule has 0 N–H and O–H groups in total. The van der Waals surface area contributed by atoms with E-state index in [4.69, 9.17) is 16.9 Å². The Kier molecular flexibility index (Phi) is 4.68. The standard InChI is InChI=1S/C8H10ClN3O2S2/c1-2-12(5-3-4-10)16(13,14)7-6-11-8(9)15-7/h6H,2-3,5H2,1H3. The summed E-state index contributed by atoms with van der Waals surface area (Å²) < 4.78 is 25.6. The van der Waals surface area contributed by atoms with E-state index in [1.54, 1.807) is 6.92 Å². The van der Waals surface area contributed by atoms with Gasteiger partial charge in [0.1, 0.15) is 0 Å². The third-order valence-corrected chi connectivity index (χ3v) is 5.40. The topological polar surface area (TPSA) is 74.1 Å². The van der Waals surface area contributed by atoms with Crippen molar-refractivity contribution in [2.75, 3.05) is 13.1 Å². The monoisotopic (exact) mass is 279 g/mol. The van der Waals surface area contributed by atoms with Crippen LogP contribution in [-0.4, -0.2) is 30.8 Å². The lowest BCUT2D eigenvalue weighted by molar-refractivity contribution is 0.436. The maximum atomic E-state index is 12.0. The maximum absolute atomic E-state index is 12.0. The van der Waals surface area contributed by atoms with Gasteiger partial charge in [0.25, 0.3) is 10.0 Å². The minimum absolute atomic E-state index is 0.109. The van der Waals surface area contributed by atoms with Crippen LogP contribution in [0.5, 0.6) is 0 Å². The first-order chi connectivity index (χ1) is 7.52. The van der Waals surface area contributed by atoms with Gasteiger partial charge < -0.3 is 0 Å². The highest BCUT2D eigenvalue weighted by atomic mass is 35.5. The molecule has 1 aromatic heterocycles. The molecular weight excluding hydrogens is 270 g/mol. The predicted molar refractivity (Wildman–Crippen MR) is 61.8 cm³/mol. The molecule has 88 valence electrons. The molecule has 0 amide bonds. The van der Waals surface area contributed by atoms with E-state index in [0.29, 0.717) is 6.54 Å². The molecule has 1 heterocycles. The second kappa shape index (κ2) is 5.59.